The van der Waals surface area contributed by atoms with Crippen LogP contribution in [0, 0.1) is 0 Å². The second-order valence-electron chi connectivity index (χ2n) is 4.39. The number of ether oxygens (including phenoxy) is 1. The first-order valence-corrected chi connectivity index (χ1v) is 7.53. The molecule has 2 heterocycles. The summed E-state index contributed by atoms with van der Waals surface area (Å²) in [5, 5.41) is 4.31. The van der Waals surface area contributed by atoms with Crippen LogP contribution in [-0.2, 0) is 11.3 Å². The predicted molar refractivity (Wildman–Crippen MR) is 77.5 cm³/mol. The van der Waals surface area contributed by atoms with Gasteiger partial charge in [-0.15, -0.1) is 11.8 Å². The number of rotatable bonds is 5. The fraction of sp³-hybridized carbons (Fsp3) is 0.538. The first-order chi connectivity index (χ1) is 9.17. The van der Waals surface area contributed by atoms with Crippen LogP contribution in [0.4, 0.5) is 0 Å². The van der Waals surface area contributed by atoms with E-state index < -0.39 is 0 Å². The lowest BCUT2D eigenvalue weighted by Gasteiger charge is -2.19. The highest BCUT2D eigenvalue weighted by Gasteiger charge is 2.12. The van der Waals surface area contributed by atoms with Crippen molar-refractivity contribution in [3.8, 4) is 0 Å². The number of hydrogen-bond acceptors (Lipinski definition) is 5. The van der Waals surface area contributed by atoms with Crippen molar-refractivity contribution in [2.24, 2.45) is 4.99 Å². The Morgan fingerprint density at radius 2 is 2.32 bits per heavy atom. The largest absolute Gasteiger partial charge is 0.385 e. The zero-order chi connectivity index (χ0) is 13.8. The lowest BCUT2D eigenvalue weighted by atomic mass is 10.2. The van der Waals surface area contributed by atoms with E-state index in [9.17, 15) is 4.79 Å². The molecule has 1 unspecified atom stereocenters. The number of methoxy groups -OCH3 is 1. The van der Waals surface area contributed by atoms with E-state index in [0.29, 0.717) is 13.2 Å². The molecule has 1 aliphatic heterocycles. The van der Waals surface area contributed by atoms with Crippen LogP contribution in [0.5, 0.6) is 0 Å². The van der Waals surface area contributed by atoms with Crippen molar-refractivity contribution in [1.29, 1.82) is 0 Å². The molecule has 104 valence electrons. The van der Waals surface area contributed by atoms with E-state index in [1.165, 1.54) is 0 Å². The lowest BCUT2D eigenvalue weighted by molar-refractivity contribution is 0.189. The van der Waals surface area contributed by atoms with Crippen molar-refractivity contribution in [1.82, 2.24) is 9.88 Å². The topological polar surface area (TPSA) is 55.6 Å². The van der Waals surface area contributed by atoms with Crippen LogP contribution in [0.25, 0.3) is 5.70 Å². The average Bonchev–Trinajstić information content (AvgIpc) is 2.41. The summed E-state index contributed by atoms with van der Waals surface area (Å²) >= 11 is 1.62. The summed E-state index contributed by atoms with van der Waals surface area (Å²) in [5.41, 5.74) is 1.81. The van der Waals surface area contributed by atoms with Gasteiger partial charge >= 0.3 is 0 Å². The zero-order valence-electron chi connectivity index (χ0n) is 11.5. The Balaban J connectivity index is 2.52. The molecule has 0 fully saturated rings. The SMILES string of the molecule is COCCCn1c(=O)ccc2c1=NC(SC)NC=2C. The second-order valence-corrected chi connectivity index (χ2v) is 5.31. The van der Waals surface area contributed by atoms with Gasteiger partial charge in [-0.3, -0.25) is 9.36 Å². The minimum absolute atomic E-state index is 0.00634. The third kappa shape index (κ3) is 3.01. The third-order valence-corrected chi connectivity index (χ3v) is 3.76. The average molecular weight is 281 g/mol. The molecule has 0 amide bonds. The van der Waals surface area contributed by atoms with E-state index >= 15 is 0 Å². The number of thioether (sulfide) groups is 1. The molecular weight excluding hydrogens is 262 g/mol. The Labute approximate surface area is 116 Å². The van der Waals surface area contributed by atoms with Gasteiger partial charge in [0.15, 0.2) is 5.50 Å². The van der Waals surface area contributed by atoms with Gasteiger partial charge in [0.1, 0.15) is 5.49 Å². The molecule has 1 atom stereocenters. The molecule has 0 aromatic carbocycles. The highest BCUT2D eigenvalue weighted by Crippen LogP contribution is 2.07. The van der Waals surface area contributed by atoms with Crippen LogP contribution in [0.2, 0.25) is 0 Å². The fourth-order valence-corrected chi connectivity index (χ4v) is 2.60. The minimum atomic E-state index is -0.0250. The van der Waals surface area contributed by atoms with Gasteiger partial charge in [0.2, 0.25) is 0 Å². The number of aromatic nitrogens is 1. The number of nitrogens with one attached hydrogen (secondary N) is 1. The van der Waals surface area contributed by atoms with Gasteiger partial charge in [0, 0.05) is 37.2 Å². The standard InChI is InChI=1S/C13H19N3O2S/c1-9-10-5-6-11(17)16(7-4-8-18-2)12(10)15-13(14-9)19-3/h5-6,13-14H,4,7-8H2,1-3H3. The lowest BCUT2D eigenvalue weighted by Crippen LogP contribution is -2.50. The maximum Gasteiger partial charge on any atom is 0.252 e. The van der Waals surface area contributed by atoms with Crippen LogP contribution in [0.3, 0.4) is 0 Å². The van der Waals surface area contributed by atoms with E-state index in [1.807, 2.05) is 19.2 Å². The Morgan fingerprint density at radius 1 is 1.53 bits per heavy atom. The molecule has 0 radical (unpaired) electrons. The maximum absolute atomic E-state index is 12.0. The van der Waals surface area contributed by atoms with Gasteiger partial charge in [-0.05, 0) is 25.7 Å². The van der Waals surface area contributed by atoms with Crippen LogP contribution in [0.15, 0.2) is 21.9 Å². The van der Waals surface area contributed by atoms with Crippen molar-refractivity contribution in [3.05, 3.63) is 33.2 Å². The maximum atomic E-state index is 12.0. The van der Waals surface area contributed by atoms with E-state index in [0.717, 1.165) is 22.8 Å². The normalized spacial score (nSPS) is 17.6. The molecular formula is C13H19N3O2S. The van der Waals surface area contributed by atoms with Gasteiger partial charge in [-0.25, -0.2) is 4.99 Å². The summed E-state index contributed by atoms with van der Waals surface area (Å²) in [6, 6.07) is 3.44. The Hall–Kier alpha value is -1.27. The smallest absolute Gasteiger partial charge is 0.252 e. The van der Waals surface area contributed by atoms with Gasteiger partial charge in [-0.2, -0.15) is 0 Å². The highest BCUT2D eigenvalue weighted by molar-refractivity contribution is 7.99. The van der Waals surface area contributed by atoms with Crippen LogP contribution in [-0.4, -0.2) is 30.0 Å². The molecule has 1 aromatic heterocycles. The summed E-state index contributed by atoms with van der Waals surface area (Å²) in [6.07, 6.45) is 2.80. The Kier molecular flexibility index (Phi) is 4.66. The summed E-state index contributed by atoms with van der Waals surface area (Å²) in [4.78, 5) is 16.6. The van der Waals surface area contributed by atoms with Crippen LogP contribution in [0.1, 0.15) is 13.3 Å². The number of nitrogens with zero attached hydrogens (tertiary/aromatic N) is 2. The molecule has 6 heteroatoms. The molecule has 1 aromatic rings. The Morgan fingerprint density at radius 3 is 3.00 bits per heavy atom. The van der Waals surface area contributed by atoms with E-state index in [1.54, 1.807) is 29.5 Å². The molecule has 0 aliphatic carbocycles. The van der Waals surface area contributed by atoms with Gasteiger partial charge < -0.3 is 10.1 Å². The first-order valence-electron chi connectivity index (χ1n) is 6.24. The molecule has 5 nitrogen and oxygen atoms in total. The van der Waals surface area contributed by atoms with Gasteiger partial charge in [0.05, 0.1) is 0 Å². The number of hydrogen-bond donors (Lipinski definition) is 1. The monoisotopic (exact) mass is 281 g/mol. The zero-order valence-corrected chi connectivity index (χ0v) is 12.3. The van der Waals surface area contributed by atoms with E-state index in [2.05, 4.69) is 10.3 Å². The van der Waals surface area contributed by atoms with Crippen molar-refractivity contribution in [2.75, 3.05) is 20.0 Å². The molecule has 1 aliphatic rings. The van der Waals surface area contributed by atoms with Crippen molar-refractivity contribution < 1.29 is 4.74 Å². The van der Waals surface area contributed by atoms with E-state index in [4.69, 9.17) is 4.74 Å². The molecule has 0 saturated heterocycles. The highest BCUT2D eigenvalue weighted by atomic mass is 32.2. The molecule has 0 bridgehead atoms. The van der Waals surface area contributed by atoms with Crippen LogP contribution >= 0.6 is 11.8 Å². The van der Waals surface area contributed by atoms with Crippen LogP contribution < -0.4 is 21.6 Å². The van der Waals surface area contributed by atoms with Crippen molar-refractivity contribution >= 4 is 17.5 Å². The molecule has 0 spiro atoms. The molecule has 1 N–H and O–H groups in total. The molecule has 19 heavy (non-hydrogen) atoms. The second kappa shape index (κ2) is 6.25. The van der Waals surface area contributed by atoms with Gasteiger partial charge in [0.25, 0.3) is 5.56 Å². The molecule has 2 rings (SSSR count). The predicted octanol–water partition coefficient (Wildman–Crippen LogP) is -0.118. The van der Waals surface area contributed by atoms with E-state index in [-0.39, 0.29) is 11.1 Å². The van der Waals surface area contributed by atoms with Crippen molar-refractivity contribution in [3.63, 3.8) is 0 Å². The Bertz CT molecular complexity index is 624. The summed E-state index contributed by atoms with van der Waals surface area (Å²) in [6.45, 7) is 3.29. The summed E-state index contributed by atoms with van der Waals surface area (Å²) < 4.78 is 6.78. The number of fused-ring (bicyclic) bond motifs is 1. The fourth-order valence-electron chi connectivity index (χ4n) is 2.10. The molecule has 0 saturated carbocycles. The quantitative estimate of drug-likeness (QED) is 0.765. The first kappa shape index (κ1) is 14.1. The number of pyridine rings is 1. The van der Waals surface area contributed by atoms with Gasteiger partial charge in [-0.1, -0.05) is 0 Å². The van der Waals surface area contributed by atoms with Crippen molar-refractivity contribution in [2.45, 2.75) is 25.4 Å². The third-order valence-electron chi connectivity index (χ3n) is 3.09. The summed E-state index contributed by atoms with van der Waals surface area (Å²) in [5.74, 6) is 0. The summed E-state index contributed by atoms with van der Waals surface area (Å²) in [7, 11) is 1.67. The minimum Gasteiger partial charge on any atom is -0.385 e.